The van der Waals surface area contributed by atoms with Crippen molar-refractivity contribution in [2.45, 2.75) is 0 Å². The molecule has 0 heterocycles. The maximum absolute atomic E-state index is 11.7. The Labute approximate surface area is 120 Å². The Hall–Kier alpha value is -3.04. The molecule has 1 amide bonds. The van der Waals surface area contributed by atoms with E-state index in [0.717, 1.165) is 27.2 Å². The summed E-state index contributed by atoms with van der Waals surface area (Å²) in [6, 6.07) is 17.9. The third-order valence-electron chi connectivity index (χ3n) is 3.30. The average Bonchev–Trinajstić information content (AvgIpc) is 2.51. The van der Waals surface area contributed by atoms with Crippen LogP contribution in [0.15, 0.2) is 59.7 Å². The van der Waals surface area contributed by atoms with Crippen molar-refractivity contribution in [2.24, 2.45) is 5.11 Å². The molecule has 3 rings (SSSR count). The van der Waals surface area contributed by atoms with Crippen LogP contribution in [-0.4, -0.2) is 12.5 Å². The number of fused-ring (bicyclic) bond motifs is 2. The predicted molar refractivity (Wildman–Crippen MR) is 84.1 cm³/mol. The number of amides is 1. The average molecular weight is 276 g/mol. The van der Waals surface area contributed by atoms with E-state index in [2.05, 4.69) is 27.5 Å². The molecule has 0 aromatic heterocycles. The maximum Gasteiger partial charge on any atom is 0.230 e. The van der Waals surface area contributed by atoms with Gasteiger partial charge in [-0.05, 0) is 39.9 Å². The molecule has 0 unspecified atom stereocenters. The molecule has 0 bridgehead atoms. The smallest absolute Gasteiger partial charge is 0.230 e. The van der Waals surface area contributed by atoms with Gasteiger partial charge in [0.25, 0.3) is 0 Å². The van der Waals surface area contributed by atoms with Crippen LogP contribution in [0.3, 0.4) is 0 Å². The number of azide groups is 1. The summed E-state index contributed by atoms with van der Waals surface area (Å²) in [6.45, 7) is -0.208. The standard InChI is InChI=1S/C16H12N4O/c17-20-18-10-16(21)19-15-7-3-6-13-8-11-4-1-2-5-12(11)9-14(13)15/h1-9H,10H2,(H,19,21). The zero-order chi connectivity index (χ0) is 14.7. The Morgan fingerprint density at radius 1 is 1.05 bits per heavy atom. The van der Waals surface area contributed by atoms with Crippen molar-refractivity contribution in [3.63, 3.8) is 0 Å². The normalized spacial score (nSPS) is 10.3. The summed E-state index contributed by atoms with van der Waals surface area (Å²) in [4.78, 5) is 14.3. The second-order valence-corrected chi connectivity index (χ2v) is 4.66. The van der Waals surface area contributed by atoms with Gasteiger partial charge in [0.2, 0.25) is 5.91 Å². The van der Waals surface area contributed by atoms with Gasteiger partial charge in [0, 0.05) is 16.0 Å². The van der Waals surface area contributed by atoms with Crippen molar-refractivity contribution in [2.75, 3.05) is 11.9 Å². The van der Waals surface area contributed by atoms with Gasteiger partial charge in [-0.2, -0.15) is 0 Å². The van der Waals surface area contributed by atoms with Crippen molar-refractivity contribution in [3.05, 3.63) is 65.0 Å². The van der Waals surface area contributed by atoms with Crippen LogP contribution in [0.25, 0.3) is 32.0 Å². The molecule has 102 valence electrons. The maximum atomic E-state index is 11.7. The summed E-state index contributed by atoms with van der Waals surface area (Å²) in [5.74, 6) is -0.326. The van der Waals surface area contributed by atoms with E-state index >= 15 is 0 Å². The molecule has 5 nitrogen and oxygen atoms in total. The molecule has 5 heteroatoms. The van der Waals surface area contributed by atoms with Crippen LogP contribution in [0, 0.1) is 0 Å². The van der Waals surface area contributed by atoms with Gasteiger partial charge >= 0.3 is 0 Å². The number of anilines is 1. The Balaban J connectivity index is 2.08. The lowest BCUT2D eigenvalue weighted by atomic mass is 10.0. The van der Waals surface area contributed by atoms with Gasteiger partial charge < -0.3 is 5.32 Å². The number of hydrogen-bond acceptors (Lipinski definition) is 2. The topological polar surface area (TPSA) is 77.9 Å². The molecule has 0 fully saturated rings. The first kappa shape index (κ1) is 13.0. The Morgan fingerprint density at radius 3 is 2.52 bits per heavy atom. The molecular weight excluding hydrogens is 264 g/mol. The molecule has 0 aliphatic rings. The van der Waals surface area contributed by atoms with Gasteiger partial charge in [-0.25, -0.2) is 0 Å². The summed E-state index contributed by atoms with van der Waals surface area (Å²) in [7, 11) is 0. The van der Waals surface area contributed by atoms with Gasteiger partial charge in [0.15, 0.2) is 0 Å². The zero-order valence-electron chi connectivity index (χ0n) is 11.2. The SMILES string of the molecule is [N-]=[N+]=NCC(=O)Nc1cccc2cc3ccccc3cc12. The fourth-order valence-electron chi connectivity index (χ4n) is 2.36. The highest BCUT2D eigenvalue weighted by atomic mass is 16.1. The Kier molecular flexibility index (Phi) is 3.41. The molecule has 0 spiro atoms. The van der Waals surface area contributed by atoms with Crippen LogP contribution >= 0.6 is 0 Å². The third-order valence-corrected chi connectivity index (χ3v) is 3.30. The zero-order valence-corrected chi connectivity index (χ0v) is 11.2. The minimum absolute atomic E-state index is 0.208. The van der Waals surface area contributed by atoms with Crippen molar-refractivity contribution in [1.82, 2.24) is 0 Å². The van der Waals surface area contributed by atoms with Crippen LogP contribution in [0.1, 0.15) is 0 Å². The fourth-order valence-corrected chi connectivity index (χ4v) is 2.36. The summed E-state index contributed by atoms with van der Waals surface area (Å²) in [6.07, 6.45) is 0. The summed E-state index contributed by atoms with van der Waals surface area (Å²) in [5.41, 5.74) is 8.97. The van der Waals surface area contributed by atoms with Crippen LogP contribution < -0.4 is 5.32 Å². The van der Waals surface area contributed by atoms with E-state index in [1.807, 2.05) is 42.5 Å². The van der Waals surface area contributed by atoms with E-state index in [-0.39, 0.29) is 12.5 Å². The van der Waals surface area contributed by atoms with Crippen LogP contribution in [0.2, 0.25) is 0 Å². The van der Waals surface area contributed by atoms with E-state index in [9.17, 15) is 4.79 Å². The van der Waals surface area contributed by atoms with Crippen molar-refractivity contribution in [3.8, 4) is 0 Å². The predicted octanol–water partition coefficient (Wildman–Crippen LogP) is 4.24. The van der Waals surface area contributed by atoms with E-state index in [0.29, 0.717) is 0 Å². The number of carbonyl (C=O) groups excluding carboxylic acids is 1. The highest BCUT2D eigenvalue weighted by Gasteiger charge is 2.06. The van der Waals surface area contributed by atoms with Crippen molar-refractivity contribution >= 4 is 33.1 Å². The monoisotopic (exact) mass is 276 g/mol. The number of benzene rings is 3. The highest BCUT2D eigenvalue weighted by Crippen LogP contribution is 2.28. The molecule has 0 saturated heterocycles. The lowest BCUT2D eigenvalue weighted by Gasteiger charge is -2.09. The Bertz CT molecular complexity index is 882. The van der Waals surface area contributed by atoms with E-state index in [1.54, 1.807) is 0 Å². The second-order valence-electron chi connectivity index (χ2n) is 4.66. The van der Waals surface area contributed by atoms with Gasteiger partial charge in [-0.1, -0.05) is 41.5 Å². The fraction of sp³-hybridized carbons (Fsp3) is 0.0625. The first-order valence-electron chi connectivity index (χ1n) is 6.50. The van der Waals surface area contributed by atoms with Gasteiger partial charge in [-0.3, -0.25) is 4.79 Å². The summed E-state index contributed by atoms with van der Waals surface area (Å²) >= 11 is 0. The summed E-state index contributed by atoms with van der Waals surface area (Å²) < 4.78 is 0. The number of nitrogens with zero attached hydrogens (tertiary/aromatic N) is 3. The second kappa shape index (κ2) is 5.53. The molecule has 0 radical (unpaired) electrons. The molecule has 3 aromatic rings. The van der Waals surface area contributed by atoms with Crippen LogP contribution in [0.5, 0.6) is 0 Å². The first-order chi connectivity index (χ1) is 10.3. The largest absolute Gasteiger partial charge is 0.325 e. The van der Waals surface area contributed by atoms with E-state index in [1.165, 1.54) is 0 Å². The van der Waals surface area contributed by atoms with Crippen LogP contribution in [-0.2, 0) is 4.79 Å². The number of rotatable bonds is 3. The number of carbonyl (C=O) groups is 1. The number of nitrogens with one attached hydrogen (secondary N) is 1. The quantitative estimate of drug-likeness (QED) is 0.330. The van der Waals surface area contributed by atoms with E-state index in [4.69, 9.17) is 5.53 Å². The number of hydrogen-bond donors (Lipinski definition) is 1. The van der Waals surface area contributed by atoms with Crippen LogP contribution in [0.4, 0.5) is 5.69 Å². The van der Waals surface area contributed by atoms with Gasteiger partial charge in [0.1, 0.15) is 6.54 Å². The third kappa shape index (κ3) is 2.63. The van der Waals surface area contributed by atoms with Crippen molar-refractivity contribution < 1.29 is 4.79 Å². The Morgan fingerprint density at radius 2 is 1.76 bits per heavy atom. The molecule has 0 saturated carbocycles. The minimum Gasteiger partial charge on any atom is -0.325 e. The molecule has 3 aromatic carbocycles. The molecule has 0 aliphatic heterocycles. The molecule has 21 heavy (non-hydrogen) atoms. The molecule has 1 N–H and O–H groups in total. The van der Waals surface area contributed by atoms with E-state index < -0.39 is 0 Å². The molecule has 0 atom stereocenters. The van der Waals surface area contributed by atoms with Crippen molar-refractivity contribution in [1.29, 1.82) is 0 Å². The first-order valence-corrected chi connectivity index (χ1v) is 6.50. The van der Waals surface area contributed by atoms with Gasteiger partial charge in [-0.15, -0.1) is 0 Å². The highest BCUT2D eigenvalue weighted by molar-refractivity contribution is 6.07. The summed E-state index contributed by atoms with van der Waals surface area (Å²) in [5, 5.41) is 10.3. The minimum atomic E-state index is -0.326. The lowest BCUT2D eigenvalue weighted by Crippen LogP contribution is -2.14. The molecular formula is C16H12N4O. The van der Waals surface area contributed by atoms with Gasteiger partial charge in [0.05, 0.1) is 0 Å². The molecule has 0 aliphatic carbocycles. The lowest BCUT2D eigenvalue weighted by molar-refractivity contribution is -0.114.